The fourth-order valence-corrected chi connectivity index (χ4v) is 4.18. The van der Waals surface area contributed by atoms with E-state index in [0.717, 1.165) is 37.4 Å². The highest BCUT2D eigenvalue weighted by Gasteiger charge is 2.29. The van der Waals surface area contributed by atoms with E-state index in [9.17, 15) is 4.39 Å². The van der Waals surface area contributed by atoms with E-state index in [-0.39, 0.29) is 11.9 Å². The minimum Gasteiger partial charge on any atom is -0.368 e. The number of piperazine rings is 1. The minimum atomic E-state index is -0.202. The number of rotatable bonds is 4. The number of halogens is 3. The van der Waals surface area contributed by atoms with Crippen LogP contribution in [-0.2, 0) is 0 Å². The Morgan fingerprint density at radius 3 is 2.48 bits per heavy atom. The van der Waals surface area contributed by atoms with Crippen LogP contribution in [0.1, 0.15) is 17.2 Å². The lowest BCUT2D eigenvalue weighted by atomic mass is 9.98. The Balaban J connectivity index is 1.56. The molecular weight excluding hydrogens is 386 g/mol. The fraction of sp³-hybridized carbons (Fsp3) is 0.250. The summed E-state index contributed by atoms with van der Waals surface area (Å²) >= 11 is 12.4. The van der Waals surface area contributed by atoms with Gasteiger partial charge in [0.2, 0.25) is 0 Å². The fourth-order valence-electron chi connectivity index (χ4n) is 3.65. The van der Waals surface area contributed by atoms with Gasteiger partial charge < -0.3 is 4.90 Å². The van der Waals surface area contributed by atoms with Crippen LogP contribution in [0.15, 0.2) is 54.9 Å². The molecule has 7 heteroatoms. The number of hydrogen-bond acceptors (Lipinski definition) is 3. The first-order chi connectivity index (χ1) is 13.1. The molecular formula is C20H19Cl2FN4. The van der Waals surface area contributed by atoms with Gasteiger partial charge in [-0.25, -0.2) is 4.39 Å². The molecule has 1 N–H and O–H groups in total. The number of hydrogen-bond donors (Lipinski definition) is 1. The van der Waals surface area contributed by atoms with Crippen LogP contribution in [-0.4, -0.2) is 41.3 Å². The average Bonchev–Trinajstić information content (AvgIpc) is 3.19. The molecule has 0 saturated carbocycles. The molecule has 4 rings (SSSR count). The number of H-pyrrole nitrogens is 1. The number of aromatic nitrogens is 2. The molecule has 1 atom stereocenters. The molecule has 140 valence electrons. The van der Waals surface area contributed by atoms with Gasteiger partial charge >= 0.3 is 0 Å². The van der Waals surface area contributed by atoms with Crippen molar-refractivity contribution in [3.63, 3.8) is 0 Å². The summed E-state index contributed by atoms with van der Waals surface area (Å²) in [6.07, 6.45) is 3.60. The number of nitrogens with zero attached hydrogens (tertiary/aromatic N) is 3. The molecule has 0 aliphatic carbocycles. The molecule has 0 radical (unpaired) electrons. The Hall–Kier alpha value is -2.08. The first-order valence-electron chi connectivity index (χ1n) is 8.80. The molecule has 4 nitrogen and oxygen atoms in total. The molecule has 1 saturated heterocycles. The lowest BCUT2D eigenvalue weighted by Gasteiger charge is -2.40. The second-order valence-corrected chi connectivity index (χ2v) is 7.42. The van der Waals surface area contributed by atoms with Crippen LogP contribution in [0.2, 0.25) is 10.0 Å². The van der Waals surface area contributed by atoms with Crippen molar-refractivity contribution in [3.8, 4) is 0 Å². The van der Waals surface area contributed by atoms with Crippen molar-refractivity contribution in [2.45, 2.75) is 6.04 Å². The third-order valence-electron chi connectivity index (χ3n) is 4.96. The topological polar surface area (TPSA) is 35.2 Å². The Kier molecular flexibility index (Phi) is 5.34. The Labute approximate surface area is 167 Å². The molecule has 2 heterocycles. The molecule has 1 aliphatic heterocycles. The van der Waals surface area contributed by atoms with E-state index in [1.807, 2.05) is 30.5 Å². The summed E-state index contributed by atoms with van der Waals surface area (Å²) in [6, 6.07) is 12.3. The van der Waals surface area contributed by atoms with E-state index >= 15 is 0 Å². The largest absolute Gasteiger partial charge is 0.368 e. The first-order valence-corrected chi connectivity index (χ1v) is 9.56. The van der Waals surface area contributed by atoms with E-state index < -0.39 is 0 Å². The molecule has 1 aromatic heterocycles. The van der Waals surface area contributed by atoms with Crippen molar-refractivity contribution in [2.24, 2.45) is 0 Å². The zero-order chi connectivity index (χ0) is 18.8. The summed E-state index contributed by atoms with van der Waals surface area (Å²) in [5, 5.41) is 8.18. The molecule has 0 spiro atoms. The summed E-state index contributed by atoms with van der Waals surface area (Å²) in [5.74, 6) is -0.202. The van der Waals surface area contributed by atoms with Crippen molar-refractivity contribution in [3.05, 3.63) is 81.8 Å². The third kappa shape index (κ3) is 3.81. The van der Waals surface area contributed by atoms with Crippen molar-refractivity contribution in [1.82, 2.24) is 15.1 Å². The molecule has 1 unspecified atom stereocenters. The van der Waals surface area contributed by atoms with Gasteiger partial charge in [0.25, 0.3) is 0 Å². The standard InChI is InChI=1S/C20H19Cl2FN4/c21-15-5-6-19(17(22)11-15)26-7-9-27(10-8-26)20(14-12-24-25-13-14)16-3-1-2-4-18(16)23/h1-6,11-13,20H,7-10H2,(H,24,25). The lowest BCUT2D eigenvalue weighted by Crippen LogP contribution is -2.48. The number of nitrogens with one attached hydrogen (secondary N) is 1. The second kappa shape index (κ2) is 7.89. The van der Waals surface area contributed by atoms with Gasteiger partial charge in [-0.1, -0.05) is 41.4 Å². The van der Waals surface area contributed by atoms with Gasteiger partial charge in [0, 0.05) is 48.5 Å². The molecule has 1 fully saturated rings. The van der Waals surface area contributed by atoms with Gasteiger partial charge in [0.05, 0.1) is 22.9 Å². The van der Waals surface area contributed by atoms with Crippen LogP contribution in [0.5, 0.6) is 0 Å². The Morgan fingerprint density at radius 1 is 1.04 bits per heavy atom. The van der Waals surface area contributed by atoms with E-state index in [2.05, 4.69) is 20.0 Å². The lowest BCUT2D eigenvalue weighted by molar-refractivity contribution is 0.209. The molecule has 0 bridgehead atoms. The van der Waals surface area contributed by atoms with Crippen LogP contribution < -0.4 is 4.90 Å². The molecule has 2 aromatic carbocycles. The smallest absolute Gasteiger partial charge is 0.128 e. The van der Waals surface area contributed by atoms with Crippen LogP contribution in [0, 0.1) is 5.82 Å². The van der Waals surface area contributed by atoms with E-state index in [4.69, 9.17) is 23.2 Å². The van der Waals surface area contributed by atoms with Crippen molar-refractivity contribution < 1.29 is 4.39 Å². The average molecular weight is 405 g/mol. The van der Waals surface area contributed by atoms with Crippen LogP contribution in [0.25, 0.3) is 0 Å². The maximum absolute atomic E-state index is 14.5. The monoisotopic (exact) mass is 404 g/mol. The van der Waals surface area contributed by atoms with Crippen molar-refractivity contribution >= 4 is 28.9 Å². The zero-order valence-electron chi connectivity index (χ0n) is 14.6. The summed E-state index contributed by atoms with van der Waals surface area (Å²) < 4.78 is 14.5. The maximum atomic E-state index is 14.5. The highest BCUT2D eigenvalue weighted by molar-refractivity contribution is 6.36. The normalized spacial score (nSPS) is 16.5. The van der Waals surface area contributed by atoms with Gasteiger partial charge in [-0.2, -0.15) is 5.10 Å². The molecule has 3 aromatic rings. The summed E-state index contributed by atoms with van der Waals surface area (Å²) in [4.78, 5) is 4.52. The maximum Gasteiger partial charge on any atom is 0.128 e. The highest BCUT2D eigenvalue weighted by atomic mass is 35.5. The van der Waals surface area contributed by atoms with Crippen molar-refractivity contribution in [2.75, 3.05) is 31.1 Å². The predicted octanol–water partition coefficient (Wildman–Crippen LogP) is 4.77. The van der Waals surface area contributed by atoms with Crippen molar-refractivity contribution in [1.29, 1.82) is 0 Å². The number of anilines is 1. The predicted molar refractivity (Wildman–Crippen MR) is 107 cm³/mol. The van der Waals surface area contributed by atoms with E-state index in [1.54, 1.807) is 18.3 Å². The Bertz CT molecular complexity index is 908. The SMILES string of the molecule is Fc1ccccc1C(c1cn[nH]c1)N1CCN(c2ccc(Cl)cc2Cl)CC1. The van der Waals surface area contributed by atoms with E-state index in [0.29, 0.717) is 15.6 Å². The van der Waals surface area contributed by atoms with Gasteiger partial charge in [-0.05, 0) is 24.3 Å². The van der Waals surface area contributed by atoms with E-state index in [1.165, 1.54) is 6.07 Å². The van der Waals surface area contributed by atoms with Gasteiger partial charge in [-0.15, -0.1) is 0 Å². The zero-order valence-corrected chi connectivity index (χ0v) is 16.1. The highest BCUT2D eigenvalue weighted by Crippen LogP contribution is 2.33. The molecule has 27 heavy (non-hydrogen) atoms. The third-order valence-corrected chi connectivity index (χ3v) is 5.50. The summed E-state index contributed by atoms with van der Waals surface area (Å²) in [5.41, 5.74) is 2.60. The first kappa shape index (κ1) is 18.3. The summed E-state index contributed by atoms with van der Waals surface area (Å²) in [6.45, 7) is 3.15. The minimum absolute atomic E-state index is 0.173. The van der Waals surface area contributed by atoms with Crippen LogP contribution in [0.3, 0.4) is 0 Å². The van der Waals surface area contributed by atoms with Crippen LogP contribution >= 0.6 is 23.2 Å². The van der Waals surface area contributed by atoms with Crippen LogP contribution in [0.4, 0.5) is 10.1 Å². The Morgan fingerprint density at radius 2 is 1.81 bits per heavy atom. The quantitative estimate of drug-likeness (QED) is 0.680. The molecule has 0 amide bonds. The number of aromatic amines is 1. The van der Waals surface area contributed by atoms with Gasteiger partial charge in [0.1, 0.15) is 5.82 Å². The van der Waals surface area contributed by atoms with Gasteiger partial charge in [0.15, 0.2) is 0 Å². The number of benzene rings is 2. The van der Waals surface area contributed by atoms with Gasteiger partial charge in [-0.3, -0.25) is 10.00 Å². The second-order valence-electron chi connectivity index (χ2n) is 6.57. The summed E-state index contributed by atoms with van der Waals surface area (Å²) in [7, 11) is 0. The molecule has 1 aliphatic rings.